The molecule has 2 amide bonds. The number of aryl methyl sites for hydroxylation is 1. The van der Waals surface area contributed by atoms with Crippen LogP contribution in [0.5, 0.6) is 0 Å². The minimum Gasteiger partial charge on any atom is -0.347 e. The van der Waals surface area contributed by atoms with Crippen molar-refractivity contribution >= 4 is 45.1 Å². The number of nitrogens with one attached hydrogen (secondary N) is 3. The number of anilines is 1. The molecule has 32 heavy (non-hydrogen) atoms. The maximum atomic E-state index is 13.3. The second-order valence-corrected chi connectivity index (χ2v) is 9.30. The summed E-state index contributed by atoms with van der Waals surface area (Å²) in [5.41, 5.74) is 0.305. The highest BCUT2D eigenvalue weighted by molar-refractivity contribution is 7.87. The number of hydrogen-bond acceptors (Lipinski definition) is 6. The van der Waals surface area contributed by atoms with Gasteiger partial charge in [0.1, 0.15) is 23.6 Å². The van der Waals surface area contributed by atoms with Crippen molar-refractivity contribution in [2.75, 3.05) is 18.9 Å². The van der Waals surface area contributed by atoms with E-state index in [0.29, 0.717) is 0 Å². The average Bonchev–Trinajstić information content (AvgIpc) is 3.16. The van der Waals surface area contributed by atoms with Crippen molar-refractivity contribution < 1.29 is 27.2 Å². The van der Waals surface area contributed by atoms with Crippen LogP contribution in [0.4, 0.5) is 10.1 Å². The number of ketones is 1. The largest absolute Gasteiger partial charge is 0.347 e. The number of imidazole rings is 1. The van der Waals surface area contributed by atoms with Crippen LogP contribution in [0.1, 0.15) is 16.9 Å². The third kappa shape index (κ3) is 5.30. The summed E-state index contributed by atoms with van der Waals surface area (Å²) in [5, 5.41) is 4.60. The summed E-state index contributed by atoms with van der Waals surface area (Å²) in [7, 11) is -1.30. The first-order chi connectivity index (χ1) is 15.0. The van der Waals surface area contributed by atoms with Crippen molar-refractivity contribution in [3.63, 3.8) is 0 Å². The van der Waals surface area contributed by atoms with E-state index in [2.05, 4.69) is 20.3 Å². The molecule has 2 aromatic rings. The van der Waals surface area contributed by atoms with Crippen molar-refractivity contribution in [3.8, 4) is 0 Å². The van der Waals surface area contributed by atoms with E-state index in [1.54, 1.807) is 11.6 Å². The molecule has 0 spiro atoms. The van der Waals surface area contributed by atoms with Crippen LogP contribution in [-0.4, -0.2) is 65.5 Å². The number of Topliss-reactive ketones (excluding diaryl/α,β-unsaturated/α-hetero) is 1. The Morgan fingerprint density at radius 3 is 2.62 bits per heavy atom. The zero-order chi connectivity index (χ0) is 23.6. The minimum atomic E-state index is -4.17. The number of amides is 2. The van der Waals surface area contributed by atoms with Gasteiger partial charge in [-0.15, -0.1) is 0 Å². The van der Waals surface area contributed by atoms with Crippen LogP contribution in [0.15, 0.2) is 30.7 Å². The van der Waals surface area contributed by atoms with E-state index in [9.17, 15) is 27.2 Å². The van der Waals surface area contributed by atoms with Crippen LogP contribution < -0.4 is 15.4 Å². The van der Waals surface area contributed by atoms with Gasteiger partial charge in [0.2, 0.25) is 17.6 Å². The monoisotopic (exact) mass is 486 g/mol. The van der Waals surface area contributed by atoms with Gasteiger partial charge in [0.15, 0.2) is 0 Å². The van der Waals surface area contributed by atoms with E-state index in [4.69, 9.17) is 11.6 Å². The maximum absolute atomic E-state index is 13.3. The molecule has 3 rings (SSSR count). The lowest BCUT2D eigenvalue weighted by Crippen LogP contribution is -2.62. The SMILES string of the molecule is CN1C(C(=O)Nc2ccc(F)c(Cl)c2)CC(C(=O)NCC(=O)c2cn(C)cn2)NS1(=O)=O. The zero-order valence-corrected chi connectivity index (χ0v) is 18.6. The Morgan fingerprint density at radius 2 is 2.00 bits per heavy atom. The molecule has 1 aliphatic heterocycles. The Kier molecular flexibility index (Phi) is 6.93. The van der Waals surface area contributed by atoms with E-state index in [-0.39, 0.29) is 22.8 Å². The lowest BCUT2D eigenvalue weighted by molar-refractivity contribution is -0.124. The normalized spacial score (nSPS) is 20.5. The lowest BCUT2D eigenvalue weighted by Gasteiger charge is -2.35. The van der Waals surface area contributed by atoms with Gasteiger partial charge in [-0.25, -0.2) is 9.37 Å². The minimum absolute atomic E-state index is 0.145. The predicted molar refractivity (Wildman–Crippen MR) is 113 cm³/mol. The van der Waals surface area contributed by atoms with Crippen molar-refractivity contribution in [1.29, 1.82) is 0 Å². The van der Waals surface area contributed by atoms with Crippen LogP contribution in [0, 0.1) is 5.82 Å². The quantitative estimate of drug-likeness (QED) is 0.493. The third-order valence-electron chi connectivity index (χ3n) is 4.79. The summed E-state index contributed by atoms with van der Waals surface area (Å²) in [6, 6.07) is 0.961. The highest BCUT2D eigenvalue weighted by atomic mass is 35.5. The van der Waals surface area contributed by atoms with Crippen molar-refractivity contribution in [2.24, 2.45) is 7.05 Å². The highest BCUT2D eigenvalue weighted by Crippen LogP contribution is 2.22. The number of halogens is 2. The maximum Gasteiger partial charge on any atom is 0.280 e. The number of rotatable bonds is 6. The number of hydrogen-bond donors (Lipinski definition) is 3. The molecule has 1 saturated heterocycles. The van der Waals surface area contributed by atoms with E-state index >= 15 is 0 Å². The summed E-state index contributed by atoms with van der Waals surface area (Å²) in [6.07, 6.45) is 2.70. The summed E-state index contributed by atoms with van der Waals surface area (Å²) >= 11 is 5.70. The van der Waals surface area contributed by atoms with Crippen LogP contribution >= 0.6 is 11.6 Å². The summed E-state index contributed by atoms with van der Waals surface area (Å²) in [4.78, 5) is 41.2. The highest BCUT2D eigenvalue weighted by Gasteiger charge is 2.42. The number of nitrogens with zero attached hydrogens (tertiary/aromatic N) is 3. The van der Waals surface area contributed by atoms with E-state index in [1.165, 1.54) is 31.7 Å². The summed E-state index contributed by atoms with van der Waals surface area (Å²) in [5.74, 6) is -2.64. The molecule has 11 nitrogen and oxygen atoms in total. The molecular weight excluding hydrogens is 467 g/mol. The zero-order valence-electron chi connectivity index (χ0n) is 17.0. The van der Waals surface area contributed by atoms with E-state index in [1.807, 2.05) is 0 Å². The molecule has 0 bridgehead atoms. The molecular formula is C18H20ClFN6O5S. The molecule has 14 heteroatoms. The van der Waals surface area contributed by atoms with Gasteiger partial charge >= 0.3 is 0 Å². The molecule has 2 atom stereocenters. The molecule has 1 aliphatic rings. The fourth-order valence-corrected chi connectivity index (χ4v) is 4.45. The fourth-order valence-electron chi connectivity index (χ4n) is 3.02. The van der Waals surface area contributed by atoms with Gasteiger partial charge in [-0.3, -0.25) is 14.4 Å². The molecule has 1 fully saturated rings. The van der Waals surface area contributed by atoms with Gasteiger partial charge in [0, 0.05) is 26.0 Å². The van der Waals surface area contributed by atoms with E-state index in [0.717, 1.165) is 10.4 Å². The number of benzene rings is 1. The Hall–Kier alpha value is -2.87. The third-order valence-corrected chi connectivity index (χ3v) is 6.67. The molecule has 0 radical (unpaired) electrons. The first kappa shape index (κ1) is 23.8. The van der Waals surface area contributed by atoms with Crippen LogP contribution in [0.2, 0.25) is 5.02 Å². The first-order valence-electron chi connectivity index (χ1n) is 9.28. The standard InChI is InChI=1S/C18H20ClFN6O5S/c1-25-8-14(22-9-25)16(27)7-21-17(28)13-6-15(26(2)32(30,31)24-13)18(29)23-10-3-4-12(20)11(19)5-10/h3-5,8-9,13,15,24H,6-7H2,1-2H3,(H,21,28)(H,23,29). The fraction of sp³-hybridized carbons (Fsp3) is 0.333. The molecule has 1 aromatic carbocycles. The average molecular weight is 487 g/mol. The van der Waals surface area contributed by atoms with Crippen LogP contribution in [0.3, 0.4) is 0 Å². The predicted octanol–water partition coefficient (Wildman–Crippen LogP) is 0.0573. The molecule has 3 N–H and O–H groups in total. The van der Waals surface area contributed by atoms with Crippen LogP contribution in [0.25, 0.3) is 0 Å². The Balaban J connectivity index is 1.68. The smallest absolute Gasteiger partial charge is 0.280 e. The van der Waals surface area contributed by atoms with Crippen molar-refractivity contribution in [1.82, 2.24) is 23.9 Å². The first-order valence-corrected chi connectivity index (χ1v) is 11.1. The molecule has 0 saturated carbocycles. The van der Waals surface area contributed by atoms with Crippen molar-refractivity contribution in [3.05, 3.63) is 47.3 Å². The molecule has 172 valence electrons. The van der Waals surface area contributed by atoms with Gasteiger partial charge < -0.3 is 15.2 Å². The second kappa shape index (κ2) is 9.32. The van der Waals surface area contributed by atoms with Gasteiger partial charge in [0.25, 0.3) is 10.2 Å². The number of carbonyl (C=O) groups is 3. The number of carbonyl (C=O) groups excluding carboxylic acids is 3. The Bertz CT molecular complexity index is 1170. The van der Waals surface area contributed by atoms with Gasteiger partial charge in [-0.1, -0.05) is 11.6 Å². The van der Waals surface area contributed by atoms with Crippen molar-refractivity contribution in [2.45, 2.75) is 18.5 Å². The number of aromatic nitrogens is 2. The molecule has 1 aromatic heterocycles. The molecule has 0 aliphatic carbocycles. The summed E-state index contributed by atoms with van der Waals surface area (Å²) < 4.78 is 42.7. The van der Waals surface area contributed by atoms with Gasteiger partial charge in [0.05, 0.1) is 17.9 Å². The summed E-state index contributed by atoms with van der Waals surface area (Å²) in [6.45, 7) is -0.394. The second-order valence-electron chi connectivity index (χ2n) is 7.13. The molecule has 2 unspecified atom stereocenters. The van der Waals surface area contributed by atoms with E-state index < -0.39 is 52.3 Å². The topological polar surface area (TPSA) is 142 Å². The lowest BCUT2D eigenvalue weighted by atomic mass is 10.1. The van der Waals surface area contributed by atoms with Crippen LogP contribution in [-0.2, 0) is 26.8 Å². The Labute approximate surface area is 188 Å². The molecule has 2 heterocycles. The number of likely N-dealkylation sites (N-methyl/N-ethyl adjacent to an activating group) is 1. The Morgan fingerprint density at radius 1 is 1.28 bits per heavy atom. The van der Waals surface area contributed by atoms with Gasteiger partial charge in [-0.2, -0.15) is 17.4 Å². The van der Waals surface area contributed by atoms with Gasteiger partial charge in [-0.05, 0) is 24.6 Å².